The van der Waals surface area contributed by atoms with Gasteiger partial charge in [-0.3, -0.25) is 4.90 Å². The summed E-state index contributed by atoms with van der Waals surface area (Å²) in [5.41, 5.74) is 2.70. The number of fused-ring (bicyclic) bond motifs is 4. The molecular formula is C27H34N2O5. The van der Waals surface area contributed by atoms with Crippen LogP contribution in [0.5, 0.6) is 17.2 Å². The molecule has 1 N–H and O–H groups in total. The van der Waals surface area contributed by atoms with Crippen molar-refractivity contribution in [1.29, 1.82) is 0 Å². The molecule has 0 aliphatic carbocycles. The Labute approximate surface area is 201 Å². The fourth-order valence-electron chi connectivity index (χ4n) is 5.47. The second-order valence-corrected chi connectivity index (χ2v) is 10.3. The summed E-state index contributed by atoms with van der Waals surface area (Å²) in [7, 11) is 3.26. The van der Waals surface area contributed by atoms with Gasteiger partial charge in [-0.15, -0.1) is 0 Å². The zero-order chi connectivity index (χ0) is 23.9. The second-order valence-electron chi connectivity index (χ2n) is 10.3. The first-order chi connectivity index (χ1) is 16.4. The van der Waals surface area contributed by atoms with E-state index in [1.54, 1.807) is 14.2 Å². The van der Waals surface area contributed by atoms with Gasteiger partial charge in [-0.05, 0) is 61.2 Å². The van der Waals surface area contributed by atoms with Crippen LogP contribution >= 0.6 is 0 Å². The van der Waals surface area contributed by atoms with Crippen LogP contribution in [-0.2, 0) is 4.74 Å². The highest BCUT2D eigenvalue weighted by Gasteiger charge is 2.41. The fraction of sp³-hybridized carbons (Fsp3) is 0.519. The molecule has 6 rings (SSSR count). The van der Waals surface area contributed by atoms with Crippen molar-refractivity contribution >= 4 is 6.09 Å². The first kappa shape index (κ1) is 22.8. The number of hydrogen-bond acceptors (Lipinski definition) is 6. The van der Waals surface area contributed by atoms with Gasteiger partial charge >= 0.3 is 6.09 Å². The maximum atomic E-state index is 13.0. The van der Waals surface area contributed by atoms with Crippen LogP contribution in [0.4, 0.5) is 4.79 Å². The summed E-state index contributed by atoms with van der Waals surface area (Å²) in [6, 6.07) is 11.8. The van der Waals surface area contributed by atoms with E-state index in [0.717, 1.165) is 54.9 Å². The molecule has 2 aromatic rings. The maximum Gasteiger partial charge on any atom is 0.407 e. The lowest BCUT2D eigenvalue weighted by molar-refractivity contribution is -0.0361. The lowest BCUT2D eigenvalue weighted by Crippen LogP contribution is -2.53. The highest BCUT2D eigenvalue weighted by atomic mass is 16.6. The minimum absolute atomic E-state index is 0.0163. The molecule has 7 nitrogen and oxygen atoms in total. The Kier molecular flexibility index (Phi) is 6.06. The number of rotatable bonds is 5. The molecule has 0 saturated carbocycles. The molecule has 7 heteroatoms. The van der Waals surface area contributed by atoms with Gasteiger partial charge in [0.2, 0.25) is 0 Å². The molecule has 1 amide bonds. The zero-order valence-corrected chi connectivity index (χ0v) is 20.4. The van der Waals surface area contributed by atoms with Crippen molar-refractivity contribution in [2.45, 2.75) is 38.8 Å². The normalized spacial score (nSPS) is 26.7. The molecule has 0 spiro atoms. The molecule has 4 heterocycles. The third kappa shape index (κ3) is 4.29. The van der Waals surface area contributed by atoms with E-state index < -0.39 is 0 Å². The summed E-state index contributed by atoms with van der Waals surface area (Å²) in [5, 5.41) is 3.17. The lowest BCUT2D eigenvalue weighted by atomic mass is 9.78. The molecule has 3 saturated heterocycles. The Morgan fingerprint density at radius 2 is 1.74 bits per heavy atom. The van der Waals surface area contributed by atoms with Crippen molar-refractivity contribution in [2.75, 3.05) is 40.5 Å². The van der Waals surface area contributed by atoms with Crippen molar-refractivity contribution in [3.63, 3.8) is 0 Å². The van der Waals surface area contributed by atoms with Gasteiger partial charge in [-0.2, -0.15) is 0 Å². The van der Waals surface area contributed by atoms with Crippen molar-refractivity contribution in [2.24, 2.45) is 11.3 Å². The van der Waals surface area contributed by atoms with Crippen LogP contribution < -0.4 is 19.5 Å². The number of nitrogens with zero attached hydrogens (tertiary/aromatic N) is 1. The van der Waals surface area contributed by atoms with Crippen LogP contribution in [0.25, 0.3) is 11.1 Å². The minimum Gasteiger partial charge on any atom is -0.493 e. The fourth-order valence-corrected chi connectivity index (χ4v) is 5.47. The van der Waals surface area contributed by atoms with Gasteiger partial charge in [0.15, 0.2) is 11.5 Å². The molecule has 1 unspecified atom stereocenters. The number of ether oxygens (including phenoxy) is 4. The van der Waals surface area contributed by atoms with E-state index in [4.69, 9.17) is 18.9 Å². The Morgan fingerprint density at radius 1 is 1.03 bits per heavy atom. The van der Waals surface area contributed by atoms with E-state index in [9.17, 15) is 4.79 Å². The molecule has 182 valence electrons. The number of alkyl carbamates (subject to hydrolysis) is 1. The first-order valence-corrected chi connectivity index (χ1v) is 12.1. The number of piperidine rings is 3. The second kappa shape index (κ2) is 9.02. The van der Waals surface area contributed by atoms with E-state index >= 15 is 0 Å². The molecule has 34 heavy (non-hydrogen) atoms. The summed E-state index contributed by atoms with van der Waals surface area (Å²) in [5.74, 6) is 2.62. The summed E-state index contributed by atoms with van der Waals surface area (Å²) in [4.78, 5) is 15.3. The molecule has 4 aliphatic rings. The van der Waals surface area contributed by atoms with Gasteiger partial charge in [-0.25, -0.2) is 4.79 Å². The lowest BCUT2D eigenvalue weighted by Gasteiger charge is -2.44. The zero-order valence-electron chi connectivity index (χ0n) is 20.4. The molecule has 2 aromatic carbocycles. The molecule has 4 aliphatic heterocycles. The monoisotopic (exact) mass is 466 g/mol. The van der Waals surface area contributed by atoms with Crippen LogP contribution in [0.1, 0.15) is 38.3 Å². The van der Waals surface area contributed by atoms with Crippen LogP contribution in [0, 0.1) is 11.3 Å². The van der Waals surface area contributed by atoms with E-state index in [1.165, 1.54) is 0 Å². The third-order valence-electron chi connectivity index (χ3n) is 7.54. The van der Waals surface area contributed by atoms with Gasteiger partial charge in [0.05, 0.1) is 26.9 Å². The largest absolute Gasteiger partial charge is 0.493 e. The average molecular weight is 467 g/mol. The van der Waals surface area contributed by atoms with Crippen molar-refractivity contribution in [1.82, 2.24) is 10.2 Å². The molecule has 0 radical (unpaired) electrons. The first-order valence-electron chi connectivity index (χ1n) is 12.1. The van der Waals surface area contributed by atoms with E-state index in [1.807, 2.05) is 30.3 Å². The van der Waals surface area contributed by atoms with Gasteiger partial charge in [0.25, 0.3) is 0 Å². The number of amides is 1. The van der Waals surface area contributed by atoms with Crippen molar-refractivity contribution in [3.8, 4) is 28.4 Å². The maximum absolute atomic E-state index is 13.0. The predicted octanol–water partition coefficient (Wildman–Crippen LogP) is 4.65. The smallest absolute Gasteiger partial charge is 0.407 e. The highest BCUT2D eigenvalue weighted by Crippen LogP contribution is 2.45. The highest BCUT2D eigenvalue weighted by molar-refractivity contribution is 5.71. The number of methoxy groups -OCH3 is 2. The molecule has 3 fully saturated rings. The van der Waals surface area contributed by atoms with Crippen molar-refractivity contribution < 1.29 is 23.7 Å². The van der Waals surface area contributed by atoms with Crippen molar-refractivity contribution in [3.05, 3.63) is 42.0 Å². The number of carbonyl (C=O) groups excluding carboxylic acids is 1. The van der Waals surface area contributed by atoms with Gasteiger partial charge in [-0.1, -0.05) is 32.0 Å². The SMILES string of the molecule is COc1ccc(-c2ccc3c(c2)OCC(C)(C)C3NC(=O)O[C@@H]2CN3CCC2CC3)cc1OC. The molecule has 0 aromatic heterocycles. The summed E-state index contributed by atoms with van der Waals surface area (Å²) in [6.45, 7) is 7.80. The van der Waals surface area contributed by atoms with E-state index in [0.29, 0.717) is 24.0 Å². The van der Waals surface area contributed by atoms with E-state index in [-0.39, 0.29) is 23.7 Å². The topological polar surface area (TPSA) is 69.3 Å². The Morgan fingerprint density at radius 3 is 2.41 bits per heavy atom. The van der Waals surface area contributed by atoms with Gasteiger partial charge in [0, 0.05) is 17.5 Å². The van der Waals surface area contributed by atoms with Crippen LogP contribution in [0.3, 0.4) is 0 Å². The Bertz CT molecular complexity index is 1060. The summed E-state index contributed by atoms with van der Waals surface area (Å²) < 4.78 is 22.9. The predicted molar refractivity (Wildman–Crippen MR) is 130 cm³/mol. The number of carbonyl (C=O) groups is 1. The molecule has 2 bridgehead atoms. The Balaban J connectivity index is 1.36. The van der Waals surface area contributed by atoms with Gasteiger partial charge in [0.1, 0.15) is 11.9 Å². The summed E-state index contributed by atoms with van der Waals surface area (Å²) in [6.07, 6.45) is 1.87. The minimum atomic E-state index is -0.339. The van der Waals surface area contributed by atoms with Gasteiger partial charge < -0.3 is 24.3 Å². The summed E-state index contributed by atoms with van der Waals surface area (Å²) >= 11 is 0. The Hall–Kier alpha value is -2.93. The average Bonchev–Trinajstić information content (AvgIpc) is 2.86. The standard InChI is InChI=1S/C27H34N2O5/c1-27(2)16-33-22-13-18(19-6-8-21(31-3)23(14-19)32-4)5-7-20(22)25(27)28-26(30)34-24-15-29-11-9-17(24)10-12-29/h5-8,13-14,17,24-25H,9-12,15-16H2,1-4H3,(H,28,30)/t24-,25?/m1/s1. The quantitative estimate of drug-likeness (QED) is 0.692. The molecular weight excluding hydrogens is 432 g/mol. The van der Waals surface area contributed by atoms with Crippen LogP contribution in [0.2, 0.25) is 0 Å². The number of benzene rings is 2. The number of nitrogens with one attached hydrogen (secondary N) is 1. The van der Waals surface area contributed by atoms with Crippen LogP contribution in [0.15, 0.2) is 36.4 Å². The van der Waals surface area contributed by atoms with Crippen LogP contribution in [-0.4, -0.2) is 57.6 Å². The molecule has 2 atom stereocenters. The van der Waals surface area contributed by atoms with E-state index in [2.05, 4.69) is 30.1 Å². The number of hydrogen-bond donors (Lipinski definition) is 1. The third-order valence-corrected chi connectivity index (χ3v) is 7.54.